The number of amides is 1. The zero-order valence-electron chi connectivity index (χ0n) is 17.7. The quantitative estimate of drug-likeness (QED) is 0.562. The number of anilines is 2. The van der Waals surface area contributed by atoms with Gasteiger partial charge in [-0.2, -0.15) is 0 Å². The highest BCUT2D eigenvalue weighted by Gasteiger charge is 2.24. The van der Waals surface area contributed by atoms with E-state index in [1.54, 1.807) is 13.3 Å². The number of allylic oxidation sites excluding steroid dienone is 2. The van der Waals surface area contributed by atoms with Crippen LogP contribution in [0.5, 0.6) is 5.75 Å². The Hall–Kier alpha value is -4.13. The maximum absolute atomic E-state index is 12.5. The fourth-order valence-corrected chi connectivity index (χ4v) is 3.36. The van der Waals surface area contributed by atoms with Gasteiger partial charge in [-0.3, -0.25) is 4.79 Å². The predicted molar refractivity (Wildman–Crippen MR) is 123 cm³/mol. The van der Waals surface area contributed by atoms with Crippen molar-refractivity contribution in [1.29, 1.82) is 0 Å². The number of benzene rings is 2. The molecule has 0 fully saturated rings. The molecular weight excluding hydrogens is 404 g/mol. The molecule has 1 aliphatic rings. The lowest BCUT2D eigenvalue weighted by Gasteiger charge is -2.25. The average Bonchev–Trinajstić information content (AvgIpc) is 2.84. The molecule has 0 bridgehead atoms. The van der Waals surface area contributed by atoms with Crippen molar-refractivity contribution in [2.75, 3.05) is 19.0 Å². The van der Waals surface area contributed by atoms with Crippen LogP contribution in [-0.2, 0) is 9.53 Å². The molecule has 1 aromatic heterocycles. The third kappa shape index (κ3) is 5.51. The van der Waals surface area contributed by atoms with Crippen LogP contribution < -0.4 is 15.4 Å². The van der Waals surface area contributed by atoms with Gasteiger partial charge in [-0.05, 0) is 42.0 Å². The molecule has 0 saturated heterocycles. The van der Waals surface area contributed by atoms with Gasteiger partial charge in [0.2, 0.25) is 5.95 Å². The van der Waals surface area contributed by atoms with Crippen LogP contribution in [0.3, 0.4) is 0 Å². The highest BCUT2D eigenvalue weighted by atomic mass is 16.5. The summed E-state index contributed by atoms with van der Waals surface area (Å²) >= 11 is 0. The average molecular weight is 428 g/mol. The Kier molecular flexibility index (Phi) is 6.77. The third-order valence-corrected chi connectivity index (χ3v) is 4.91. The van der Waals surface area contributed by atoms with Gasteiger partial charge in [-0.1, -0.05) is 42.5 Å². The lowest BCUT2D eigenvalue weighted by atomic mass is 9.96. The van der Waals surface area contributed by atoms with Crippen molar-refractivity contribution in [3.8, 4) is 5.75 Å². The summed E-state index contributed by atoms with van der Waals surface area (Å²) in [5.74, 6) is 1.61. The molecule has 3 aromatic rings. The minimum absolute atomic E-state index is 0.0742. The molecule has 32 heavy (non-hydrogen) atoms. The van der Waals surface area contributed by atoms with E-state index in [0.717, 1.165) is 17.0 Å². The van der Waals surface area contributed by atoms with Crippen molar-refractivity contribution < 1.29 is 14.3 Å². The lowest BCUT2D eigenvalue weighted by Crippen LogP contribution is -2.40. The summed E-state index contributed by atoms with van der Waals surface area (Å²) in [7, 11) is 1.59. The molecule has 4 rings (SSSR count). The number of aromatic nitrogens is 2. The summed E-state index contributed by atoms with van der Waals surface area (Å²) in [6.07, 6.45) is 6.06. The first-order valence-corrected chi connectivity index (χ1v) is 10.3. The molecular formula is C25H24N4O3. The second-order valence-corrected chi connectivity index (χ2v) is 7.15. The number of carbonyl (C=O) groups is 1. The molecule has 2 N–H and O–H groups in total. The van der Waals surface area contributed by atoms with Gasteiger partial charge in [-0.25, -0.2) is 9.97 Å². The van der Waals surface area contributed by atoms with E-state index in [9.17, 15) is 4.79 Å². The molecule has 2 aromatic carbocycles. The SMILES string of the molecule is COC1=CC=C(c2ccnc(Nc3ccccc3)n2)CC1NC(=O)COc1ccccc1. The fourth-order valence-electron chi connectivity index (χ4n) is 3.36. The Labute approximate surface area is 186 Å². The Morgan fingerprint density at radius 3 is 2.53 bits per heavy atom. The number of rotatable bonds is 8. The van der Waals surface area contributed by atoms with E-state index in [4.69, 9.17) is 9.47 Å². The number of carbonyl (C=O) groups excluding carboxylic acids is 1. The molecule has 7 heteroatoms. The molecule has 1 atom stereocenters. The molecule has 7 nitrogen and oxygen atoms in total. The highest BCUT2D eigenvalue weighted by molar-refractivity contribution is 5.79. The first-order valence-electron chi connectivity index (χ1n) is 10.3. The third-order valence-electron chi connectivity index (χ3n) is 4.91. The van der Waals surface area contributed by atoms with Crippen molar-refractivity contribution in [2.45, 2.75) is 12.5 Å². The van der Waals surface area contributed by atoms with Crippen LogP contribution >= 0.6 is 0 Å². The summed E-state index contributed by atoms with van der Waals surface area (Å²) in [6, 6.07) is 20.5. The number of nitrogens with one attached hydrogen (secondary N) is 2. The van der Waals surface area contributed by atoms with E-state index < -0.39 is 0 Å². The second kappa shape index (κ2) is 10.3. The maximum Gasteiger partial charge on any atom is 0.258 e. The highest BCUT2D eigenvalue weighted by Crippen LogP contribution is 2.27. The number of methoxy groups -OCH3 is 1. The molecule has 162 valence electrons. The smallest absolute Gasteiger partial charge is 0.258 e. The van der Waals surface area contributed by atoms with Gasteiger partial charge in [0.1, 0.15) is 11.5 Å². The van der Waals surface area contributed by atoms with E-state index in [1.807, 2.05) is 78.9 Å². The maximum atomic E-state index is 12.5. The monoisotopic (exact) mass is 428 g/mol. The van der Waals surface area contributed by atoms with E-state index in [2.05, 4.69) is 20.6 Å². The number of hydrogen-bond donors (Lipinski definition) is 2. The van der Waals surface area contributed by atoms with E-state index in [0.29, 0.717) is 23.9 Å². The molecule has 1 aliphatic carbocycles. The first-order chi connectivity index (χ1) is 15.7. The van der Waals surface area contributed by atoms with Gasteiger partial charge in [0.05, 0.1) is 18.8 Å². The van der Waals surface area contributed by atoms with Crippen LogP contribution in [0.4, 0.5) is 11.6 Å². The Balaban J connectivity index is 1.42. The van der Waals surface area contributed by atoms with Crippen molar-refractivity contribution >= 4 is 23.1 Å². The number of nitrogens with zero attached hydrogens (tertiary/aromatic N) is 2. The van der Waals surface area contributed by atoms with Crippen LogP contribution in [-0.4, -0.2) is 35.6 Å². The van der Waals surface area contributed by atoms with Gasteiger partial charge in [-0.15, -0.1) is 0 Å². The molecule has 0 radical (unpaired) electrons. The summed E-state index contributed by atoms with van der Waals surface area (Å²) in [6.45, 7) is -0.0742. The first kappa shape index (κ1) is 21.1. The zero-order chi connectivity index (χ0) is 22.2. The van der Waals surface area contributed by atoms with E-state index in [1.165, 1.54) is 0 Å². The predicted octanol–water partition coefficient (Wildman–Crippen LogP) is 4.10. The Bertz CT molecular complexity index is 1110. The van der Waals surface area contributed by atoms with E-state index >= 15 is 0 Å². The summed E-state index contributed by atoms with van der Waals surface area (Å²) < 4.78 is 11.0. The van der Waals surface area contributed by atoms with Gasteiger partial charge < -0.3 is 20.1 Å². The summed E-state index contributed by atoms with van der Waals surface area (Å²) in [4.78, 5) is 21.4. The largest absolute Gasteiger partial charge is 0.499 e. The van der Waals surface area contributed by atoms with Crippen LogP contribution in [0.1, 0.15) is 12.1 Å². The fraction of sp³-hybridized carbons (Fsp3) is 0.160. The molecule has 1 amide bonds. The molecule has 0 spiro atoms. The summed E-state index contributed by atoms with van der Waals surface area (Å²) in [5.41, 5.74) is 2.66. The molecule has 1 unspecified atom stereocenters. The summed E-state index contributed by atoms with van der Waals surface area (Å²) in [5, 5.41) is 6.19. The molecule has 1 heterocycles. The topological polar surface area (TPSA) is 85.4 Å². The van der Waals surface area contributed by atoms with Crippen LogP contribution in [0, 0.1) is 0 Å². The second-order valence-electron chi connectivity index (χ2n) is 7.15. The van der Waals surface area contributed by atoms with Gasteiger partial charge >= 0.3 is 0 Å². The van der Waals surface area contributed by atoms with Crippen molar-refractivity contribution in [2.24, 2.45) is 0 Å². The Morgan fingerprint density at radius 1 is 1.03 bits per heavy atom. The lowest BCUT2D eigenvalue weighted by molar-refractivity contribution is -0.123. The van der Waals surface area contributed by atoms with Crippen LogP contribution in [0.25, 0.3) is 5.57 Å². The van der Waals surface area contributed by atoms with Crippen molar-refractivity contribution in [1.82, 2.24) is 15.3 Å². The van der Waals surface area contributed by atoms with Gasteiger partial charge in [0.15, 0.2) is 6.61 Å². The standard InChI is InChI=1S/C25H24N4O3/c1-31-23-13-12-18(16-22(23)28-24(30)17-32-20-10-6-3-7-11-20)21-14-15-26-25(29-21)27-19-8-4-2-5-9-19/h2-15,22H,16-17H2,1H3,(H,28,30)(H,26,27,29). The Morgan fingerprint density at radius 2 is 1.78 bits per heavy atom. The molecule has 0 saturated carbocycles. The number of ether oxygens (including phenoxy) is 2. The number of para-hydroxylation sites is 2. The number of hydrogen-bond acceptors (Lipinski definition) is 6. The van der Waals surface area contributed by atoms with Crippen LogP contribution in [0.2, 0.25) is 0 Å². The zero-order valence-corrected chi connectivity index (χ0v) is 17.7. The van der Waals surface area contributed by atoms with Crippen molar-refractivity contribution in [3.63, 3.8) is 0 Å². The van der Waals surface area contributed by atoms with Gasteiger partial charge in [0, 0.05) is 18.3 Å². The van der Waals surface area contributed by atoms with E-state index in [-0.39, 0.29) is 18.6 Å². The molecule has 0 aliphatic heterocycles. The minimum atomic E-state index is -0.313. The normalized spacial score (nSPS) is 15.2. The van der Waals surface area contributed by atoms with Crippen molar-refractivity contribution in [3.05, 3.63) is 96.5 Å². The van der Waals surface area contributed by atoms with Crippen LogP contribution in [0.15, 0.2) is 90.8 Å². The minimum Gasteiger partial charge on any atom is -0.499 e. The van der Waals surface area contributed by atoms with Gasteiger partial charge in [0.25, 0.3) is 5.91 Å².